The molecule has 0 fully saturated rings. The maximum atomic E-state index is 13.2. The standard InChI is InChI=1S/C15H10F.C9H13.C2H6Si.Zr/c16-13-6-3-5-12(10-13)15-9-8-11-4-1-2-7-14(11)15;1-6-5-7(2)9(4)8(6)3;1-3-2;/h1-10H;5H,1-4H3;1-2H3;/q2*-1;;+2. The van der Waals surface area contributed by atoms with E-state index in [0.717, 1.165) is 11.1 Å². The van der Waals surface area contributed by atoms with Crippen LogP contribution in [0.1, 0.15) is 22.3 Å². The van der Waals surface area contributed by atoms with Crippen molar-refractivity contribution in [2.24, 2.45) is 0 Å². The van der Waals surface area contributed by atoms with Crippen molar-refractivity contribution in [1.29, 1.82) is 0 Å². The summed E-state index contributed by atoms with van der Waals surface area (Å²) in [6.07, 6.45) is 0. The molecular formula is C26H29FSiZr. The molecule has 4 aromatic rings. The SMILES string of the molecule is C[Si](C)=[Zr+2].Cc1[cH-]c(C)c(C)c1C.Fc1cccc(-c2c[cH-]c3ccccc23)c1. The van der Waals surface area contributed by atoms with Gasteiger partial charge < -0.3 is 0 Å². The summed E-state index contributed by atoms with van der Waals surface area (Å²) >= 11 is 1.74. The Balaban J connectivity index is 0.000000195. The number of fused-ring (bicyclic) bond motifs is 1. The fourth-order valence-electron chi connectivity index (χ4n) is 3.19. The summed E-state index contributed by atoms with van der Waals surface area (Å²) in [5, 5.41) is 2.37. The molecule has 0 unspecified atom stereocenters. The Morgan fingerprint density at radius 2 is 1.45 bits per heavy atom. The molecule has 0 nitrogen and oxygen atoms in total. The van der Waals surface area contributed by atoms with Gasteiger partial charge in [-0.15, -0.1) is 46.7 Å². The van der Waals surface area contributed by atoms with E-state index in [4.69, 9.17) is 0 Å². The normalized spacial score (nSPS) is 10.1. The molecule has 0 atom stereocenters. The molecule has 0 aliphatic heterocycles. The number of benzene rings is 2. The van der Waals surface area contributed by atoms with Gasteiger partial charge in [0.15, 0.2) is 0 Å². The average molecular weight is 480 g/mol. The van der Waals surface area contributed by atoms with E-state index in [1.807, 2.05) is 24.3 Å². The second kappa shape index (κ2) is 11.0. The third-order valence-corrected chi connectivity index (χ3v) is 4.99. The molecule has 4 rings (SSSR count). The Kier molecular flexibility index (Phi) is 8.99. The Morgan fingerprint density at radius 3 is 1.97 bits per heavy atom. The minimum atomic E-state index is -0.192. The first-order valence-corrected chi connectivity index (χ1v) is 16.0. The molecule has 0 bridgehead atoms. The minimum Gasteiger partial charge on any atom is -0.207 e. The molecule has 0 radical (unpaired) electrons. The van der Waals surface area contributed by atoms with Crippen molar-refractivity contribution in [3.63, 3.8) is 0 Å². The predicted molar refractivity (Wildman–Crippen MR) is 123 cm³/mol. The molecule has 0 saturated heterocycles. The molecule has 0 amide bonds. The van der Waals surface area contributed by atoms with Crippen LogP contribution >= 0.6 is 0 Å². The topological polar surface area (TPSA) is 0 Å². The monoisotopic (exact) mass is 478 g/mol. The molecule has 29 heavy (non-hydrogen) atoms. The number of hydrogen-bond acceptors (Lipinski definition) is 0. The summed E-state index contributed by atoms with van der Waals surface area (Å²) in [4.78, 5) is 0. The van der Waals surface area contributed by atoms with Crippen molar-refractivity contribution in [1.82, 2.24) is 0 Å². The number of hydrogen-bond donors (Lipinski definition) is 0. The van der Waals surface area contributed by atoms with Gasteiger partial charge in [-0.25, -0.2) is 4.39 Å². The van der Waals surface area contributed by atoms with Gasteiger partial charge in [0.2, 0.25) is 0 Å². The predicted octanol–water partition coefficient (Wildman–Crippen LogP) is 7.79. The maximum absolute atomic E-state index is 13.2. The van der Waals surface area contributed by atoms with Gasteiger partial charge in [-0.3, -0.25) is 0 Å². The van der Waals surface area contributed by atoms with Crippen LogP contribution in [0.5, 0.6) is 0 Å². The van der Waals surface area contributed by atoms with Gasteiger partial charge in [-0.1, -0.05) is 51.5 Å². The van der Waals surface area contributed by atoms with Crippen LogP contribution in [0.4, 0.5) is 4.39 Å². The second-order valence-corrected chi connectivity index (χ2v) is 17.0. The van der Waals surface area contributed by atoms with E-state index < -0.39 is 0 Å². The van der Waals surface area contributed by atoms with Crippen LogP contribution in [0.15, 0.2) is 66.7 Å². The quantitative estimate of drug-likeness (QED) is 0.193. The van der Waals surface area contributed by atoms with Crippen LogP contribution in [-0.4, -0.2) is 5.43 Å². The molecule has 0 N–H and O–H groups in total. The van der Waals surface area contributed by atoms with Crippen molar-refractivity contribution < 1.29 is 27.7 Å². The fourth-order valence-corrected chi connectivity index (χ4v) is 3.19. The first-order valence-electron chi connectivity index (χ1n) is 9.83. The number of halogens is 1. The Hall–Kier alpha value is -1.57. The molecular weight excluding hydrogens is 451 g/mol. The van der Waals surface area contributed by atoms with Crippen molar-refractivity contribution in [3.05, 3.63) is 94.8 Å². The van der Waals surface area contributed by atoms with Crippen LogP contribution < -0.4 is 0 Å². The molecule has 0 heterocycles. The van der Waals surface area contributed by atoms with Crippen LogP contribution in [0.25, 0.3) is 21.9 Å². The van der Waals surface area contributed by atoms with E-state index in [1.54, 1.807) is 35.5 Å². The fraction of sp³-hybridized carbons (Fsp3) is 0.231. The van der Waals surface area contributed by atoms with Crippen LogP contribution in [0.3, 0.4) is 0 Å². The number of aryl methyl sites for hydroxylation is 2. The number of rotatable bonds is 1. The van der Waals surface area contributed by atoms with Gasteiger partial charge in [0.25, 0.3) is 0 Å². The average Bonchev–Trinajstić information content (AvgIpc) is 3.19. The Bertz CT molecular complexity index is 1070. The first kappa shape index (κ1) is 23.7. The van der Waals surface area contributed by atoms with E-state index in [-0.39, 0.29) is 11.3 Å². The van der Waals surface area contributed by atoms with Gasteiger partial charge in [-0.2, -0.15) is 28.3 Å². The molecule has 148 valence electrons. The summed E-state index contributed by atoms with van der Waals surface area (Å²) in [5.41, 5.74) is 7.98. The molecule has 0 aliphatic carbocycles. The zero-order valence-electron chi connectivity index (χ0n) is 18.2. The van der Waals surface area contributed by atoms with Crippen molar-refractivity contribution >= 4 is 16.2 Å². The van der Waals surface area contributed by atoms with E-state index in [0.29, 0.717) is 0 Å². The van der Waals surface area contributed by atoms with E-state index in [2.05, 4.69) is 65.1 Å². The molecule has 0 aromatic heterocycles. The van der Waals surface area contributed by atoms with Gasteiger partial charge in [0.1, 0.15) is 5.82 Å². The van der Waals surface area contributed by atoms with Crippen LogP contribution in [-0.2, 0) is 23.3 Å². The second-order valence-electron chi connectivity index (χ2n) is 7.60. The summed E-state index contributed by atoms with van der Waals surface area (Å²) in [6.45, 7) is 13.3. The third-order valence-electron chi connectivity index (χ3n) is 4.99. The third kappa shape index (κ3) is 6.73. The van der Waals surface area contributed by atoms with E-state index in [9.17, 15) is 4.39 Å². The molecule has 0 spiro atoms. The molecule has 4 aromatic carbocycles. The van der Waals surface area contributed by atoms with Gasteiger partial charge >= 0.3 is 41.9 Å². The first-order chi connectivity index (χ1) is 13.7. The maximum Gasteiger partial charge on any atom is 0.122 e. The Labute approximate surface area is 189 Å². The van der Waals surface area contributed by atoms with E-state index in [1.165, 1.54) is 39.1 Å². The summed E-state index contributed by atoms with van der Waals surface area (Å²) in [6, 6.07) is 21.2. The Morgan fingerprint density at radius 1 is 0.862 bits per heavy atom. The van der Waals surface area contributed by atoms with Gasteiger partial charge in [0, 0.05) is 0 Å². The molecule has 0 aliphatic rings. The van der Waals surface area contributed by atoms with Crippen LogP contribution in [0.2, 0.25) is 13.1 Å². The van der Waals surface area contributed by atoms with Crippen LogP contribution in [0, 0.1) is 33.5 Å². The zero-order chi connectivity index (χ0) is 21.6. The van der Waals surface area contributed by atoms with Gasteiger partial charge in [-0.05, 0) is 12.1 Å². The van der Waals surface area contributed by atoms with Crippen molar-refractivity contribution in [2.45, 2.75) is 40.8 Å². The largest absolute Gasteiger partial charge is 0.207 e. The summed E-state index contributed by atoms with van der Waals surface area (Å²) in [7, 11) is 0. The molecule has 3 heteroatoms. The van der Waals surface area contributed by atoms with Gasteiger partial charge in [0.05, 0.1) is 0 Å². The summed E-state index contributed by atoms with van der Waals surface area (Å²) in [5.74, 6) is -0.192. The summed E-state index contributed by atoms with van der Waals surface area (Å²) < 4.78 is 13.2. The smallest absolute Gasteiger partial charge is 0.122 e. The molecule has 0 saturated carbocycles. The van der Waals surface area contributed by atoms with Crippen molar-refractivity contribution in [3.8, 4) is 11.1 Å². The van der Waals surface area contributed by atoms with E-state index >= 15 is 0 Å². The minimum absolute atomic E-state index is 0.192. The van der Waals surface area contributed by atoms with Crippen molar-refractivity contribution in [2.75, 3.05) is 0 Å². The zero-order valence-corrected chi connectivity index (χ0v) is 21.7.